The number of ether oxygens (including phenoxy) is 1. The molecule has 2 rings (SSSR count). The average molecular weight is 250 g/mol. The molecule has 18 heavy (non-hydrogen) atoms. The van der Waals surface area contributed by atoms with Crippen LogP contribution in [0.25, 0.3) is 0 Å². The summed E-state index contributed by atoms with van der Waals surface area (Å²) in [7, 11) is 0. The van der Waals surface area contributed by atoms with Gasteiger partial charge in [0.1, 0.15) is 16.9 Å². The Bertz CT molecular complexity index is 519. The number of aromatic carboxylic acids is 1. The van der Waals surface area contributed by atoms with Gasteiger partial charge >= 0.3 is 11.9 Å². The van der Waals surface area contributed by atoms with Gasteiger partial charge in [0.15, 0.2) is 0 Å². The summed E-state index contributed by atoms with van der Waals surface area (Å²) in [5, 5.41) is 19.1. The van der Waals surface area contributed by atoms with Crippen LogP contribution in [-0.2, 0) is 17.6 Å². The Kier molecular flexibility index (Phi) is 3.23. The van der Waals surface area contributed by atoms with Crippen molar-refractivity contribution in [1.82, 2.24) is 0 Å². The molecule has 1 aromatic carbocycles. The minimum absolute atomic E-state index is 0.0603. The first-order valence-corrected chi connectivity index (χ1v) is 5.84. The molecule has 0 fully saturated rings. The van der Waals surface area contributed by atoms with Crippen LogP contribution < -0.4 is 0 Å². The predicted octanol–water partition coefficient (Wildman–Crippen LogP) is 1.76. The lowest BCUT2D eigenvalue weighted by Crippen LogP contribution is -2.10. The highest BCUT2D eigenvalue weighted by Crippen LogP contribution is 2.35. The Balaban J connectivity index is 2.59. The molecule has 96 valence electrons. The van der Waals surface area contributed by atoms with Crippen LogP contribution in [0.4, 0.5) is 0 Å². The van der Waals surface area contributed by atoms with Gasteiger partial charge in [-0.3, -0.25) is 0 Å². The van der Waals surface area contributed by atoms with Crippen LogP contribution in [0.5, 0.6) is 5.75 Å². The van der Waals surface area contributed by atoms with Gasteiger partial charge in [-0.15, -0.1) is 0 Å². The quantitative estimate of drug-likeness (QED) is 0.798. The number of benzene rings is 1. The number of phenols is 1. The van der Waals surface area contributed by atoms with Crippen molar-refractivity contribution in [2.75, 3.05) is 6.61 Å². The van der Waals surface area contributed by atoms with Crippen molar-refractivity contribution in [3.8, 4) is 5.75 Å². The van der Waals surface area contributed by atoms with E-state index in [0.717, 1.165) is 18.4 Å². The van der Waals surface area contributed by atoms with Gasteiger partial charge in [-0.1, -0.05) is 0 Å². The average Bonchev–Trinajstić information content (AvgIpc) is 2.75. The van der Waals surface area contributed by atoms with Gasteiger partial charge in [-0.2, -0.15) is 0 Å². The van der Waals surface area contributed by atoms with Crippen LogP contribution in [0.15, 0.2) is 6.07 Å². The summed E-state index contributed by atoms with van der Waals surface area (Å²) >= 11 is 0. The number of hydrogen-bond acceptors (Lipinski definition) is 4. The zero-order valence-electron chi connectivity index (χ0n) is 10.0. The number of fused-ring (bicyclic) bond motifs is 1. The third-order valence-electron chi connectivity index (χ3n) is 3.08. The van der Waals surface area contributed by atoms with E-state index in [1.54, 1.807) is 13.0 Å². The lowest BCUT2D eigenvalue weighted by molar-refractivity contribution is 0.0523. The molecule has 5 nitrogen and oxygen atoms in total. The normalized spacial score (nSPS) is 13.2. The first-order chi connectivity index (χ1) is 8.56. The minimum atomic E-state index is -1.21. The fourth-order valence-corrected chi connectivity index (χ4v) is 2.33. The molecular weight excluding hydrogens is 236 g/mol. The molecule has 2 N–H and O–H groups in total. The molecule has 0 bridgehead atoms. The Morgan fingerprint density at radius 1 is 1.39 bits per heavy atom. The van der Waals surface area contributed by atoms with Crippen molar-refractivity contribution in [1.29, 1.82) is 0 Å². The highest BCUT2D eigenvalue weighted by molar-refractivity contribution is 6.01. The van der Waals surface area contributed by atoms with E-state index in [9.17, 15) is 14.7 Å². The van der Waals surface area contributed by atoms with Crippen LogP contribution in [0.3, 0.4) is 0 Å². The van der Waals surface area contributed by atoms with Gasteiger partial charge in [0.25, 0.3) is 0 Å². The zero-order valence-corrected chi connectivity index (χ0v) is 10.0. The van der Waals surface area contributed by atoms with Crippen molar-refractivity contribution in [2.45, 2.75) is 26.2 Å². The Hall–Kier alpha value is -2.04. The summed E-state index contributed by atoms with van der Waals surface area (Å²) in [6.45, 7) is 1.83. The van der Waals surface area contributed by atoms with Gasteiger partial charge in [-0.05, 0) is 43.4 Å². The van der Waals surface area contributed by atoms with Gasteiger partial charge in [-0.25, -0.2) is 9.59 Å². The molecule has 0 saturated carbocycles. The van der Waals surface area contributed by atoms with Gasteiger partial charge in [0.05, 0.1) is 6.61 Å². The lowest BCUT2D eigenvalue weighted by Gasteiger charge is -2.11. The maximum atomic E-state index is 11.7. The second kappa shape index (κ2) is 4.68. The molecule has 0 aromatic heterocycles. The van der Waals surface area contributed by atoms with Gasteiger partial charge < -0.3 is 14.9 Å². The topological polar surface area (TPSA) is 83.8 Å². The molecule has 1 aliphatic carbocycles. The molecule has 0 unspecified atom stereocenters. The van der Waals surface area contributed by atoms with Crippen LogP contribution in [0.2, 0.25) is 0 Å². The van der Waals surface area contributed by atoms with E-state index in [1.807, 2.05) is 0 Å². The summed E-state index contributed by atoms with van der Waals surface area (Å²) in [6, 6.07) is 1.54. The van der Waals surface area contributed by atoms with E-state index in [2.05, 4.69) is 0 Å². The van der Waals surface area contributed by atoms with Crippen molar-refractivity contribution < 1.29 is 24.5 Å². The summed E-state index contributed by atoms with van der Waals surface area (Å²) < 4.78 is 4.81. The highest BCUT2D eigenvalue weighted by Gasteiger charge is 2.28. The second-order valence-electron chi connectivity index (χ2n) is 4.16. The smallest absolute Gasteiger partial charge is 0.341 e. The number of aryl methyl sites for hydroxylation is 1. The molecular formula is C13H14O5. The first kappa shape index (κ1) is 12.4. The van der Waals surface area contributed by atoms with E-state index < -0.39 is 17.7 Å². The minimum Gasteiger partial charge on any atom is -0.506 e. The Morgan fingerprint density at radius 2 is 2.11 bits per heavy atom. The van der Waals surface area contributed by atoms with Crippen molar-refractivity contribution in [3.05, 3.63) is 28.3 Å². The Morgan fingerprint density at radius 3 is 2.72 bits per heavy atom. The Labute approximate surface area is 104 Å². The molecule has 0 saturated heterocycles. The molecule has 0 amide bonds. The number of carboxylic acid groups (broad SMARTS) is 1. The van der Waals surface area contributed by atoms with Crippen LogP contribution in [0, 0.1) is 0 Å². The number of hydrogen-bond donors (Lipinski definition) is 2. The number of rotatable bonds is 3. The van der Waals surface area contributed by atoms with E-state index in [0.29, 0.717) is 12.0 Å². The molecule has 0 heterocycles. The number of esters is 1. The van der Waals surface area contributed by atoms with Crippen molar-refractivity contribution in [2.24, 2.45) is 0 Å². The number of carbonyl (C=O) groups is 2. The van der Waals surface area contributed by atoms with Crippen molar-refractivity contribution in [3.63, 3.8) is 0 Å². The fraction of sp³-hybridized carbons (Fsp3) is 0.385. The third kappa shape index (κ3) is 1.92. The molecule has 0 spiro atoms. The summed E-state index contributed by atoms with van der Waals surface area (Å²) in [5.41, 5.74) is 1.23. The summed E-state index contributed by atoms with van der Waals surface area (Å²) in [6.07, 6.45) is 2.18. The molecule has 1 aliphatic rings. The maximum Gasteiger partial charge on any atom is 0.341 e. The van der Waals surface area contributed by atoms with E-state index in [4.69, 9.17) is 9.84 Å². The van der Waals surface area contributed by atoms with E-state index in [-0.39, 0.29) is 17.7 Å². The van der Waals surface area contributed by atoms with E-state index >= 15 is 0 Å². The van der Waals surface area contributed by atoms with Crippen molar-refractivity contribution >= 4 is 11.9 Å². The predicted molar refractivity (Wildman–Crippen MR) is 63.0 cm³/mol. The second-order valence-corrected chi connectivity index (χ2v) is 4.16. The first-order valence-electron chi connectivity index (χ1n) is 5.84. The van der Waals surface area contributed by atoms with Crippen LogP contribution in [-0.4, -0.2) is 28.8 Å². The molecule has 0 radical (unpaired) electrons. The SMILES string of the molecule is CCOC(=O)c1cc2c(c(C(=O)O)c1O)CCC2. The molecule has 5 heteroatoms. The third-order valence-corrected chi connectivity index (χ3v) is 3.08. The largest absolute Gasteiger partial charge is 0.506 e. The summed E-state index contributed by atoms with van der Waals surface area (Å²) in [4.78, 5) is 22.9. The standard InChI is InChI=1S/C13H14O5/c1-2-18-13(17)9-6-7-4-3-5-8(7)10(11(9)14)12(15)16/h6,14H,2-5H2,1H3,(H,15,16). The molecule has 1 aromatic rings. The monoisotopic (exact) mass is 250 g/mol. The van der Waals surface area contributed by atoms with Gasteiger partial charge in [0, 0.05) is 0 Å². The number of carboxylic acids is 1. The van der Waals surface area contributed by atoms with Crippen LogP contribution >= 0.6 is 0 Å². The molecule has 0 aliphatic heterocycles. The zero-order chi connectivity index (χ0) is 13.3. The fourth-order valence-electron chi connectivity index (χ4n) is 2.33. The maximum absolute atomic E-state index is 11.7. The van der Waals surface area contributed by atoms with Gasteiger partial charge in [0.2, 0.25) is 0 Å². The summed E-state index contributed by atoms with van der Waals surface area (Å²) in [5.74, 6) is -2.38. The van der Waals surface area contributed by atoms with E-state index in [1.165, 1.54) is 0 Å². The van der Waals surface area contributed by atoms with Crippen LogP contribution in [0.1, 0.15) is 45.2 Å². The lowest BCUT2D eigenvalue weighted by atomic mass is 9.98. The highest BCUT2D eigenvalue weighted by atomic mass is 16.5. The number of carbonyl (C=O) groups excluding carboxylic acids is 1. The molecule has 0 atom stereocenters. The number of aromatic hydroxyl groups is 1.